The van der Waals surface area contributed by atoms with Crippen molar-refractivity contribution >= 4 is 32.9 Å². The van der Waals surface area contributed by atoms with Crippen molar-refractivity contribution in [2.45, 2.75) is 117 Å². The summed E-state index contributed by atoms with van der Waals surface area (Å²) in [6.07, 6.45) is 10.1. The number of nitrogens with zero attached hydrogens (tertiary/aromatic N) is 2. The van der Waals surface area contributed by atoms with E-state index in [0.29, 0.717) is 58.7 Å². The number of furan rings is 2. The second-order valence-electron chi connectivity index (χ2n) is 18.2. The van der Waals surface area contributed by atoms with Crippen LogP contribution in [0.1, 0.15) is 105 Å². The van der Waals surface area contributed by atoms with Gasteiger partial charge in [0.25, 0.3) is 9.85 Å². The standard InChI is InChI=1S/C43H54N2O10/c1-23(2)7-6-8-24(3)33-13-14-34-37-35(16-18-43(33,34)5)42(4)17-15-28(54-44(50)26-9-11-29-31(21-26)40(48)52-38(29)46)19-25(42)20-36(37)55-45(51)27-10-12-30-32(22-27)41(49)53-39(30)47/h9-12,21-25,28,33-37H,6-8,13-20H2,1-5H3,(H2-2,46,47,48,49,50,51)/p-2. The Morgan fingerprint density at radius 3 is 1.89 bits per heavy atom. The second-order valence-corrected chi connectivity index (χ2v) is 18.2. The Kier molecular flexibility index (Phi) is 9.48. The molecule has 2 heterocycles. The molecule has 0 bridgehead atoms. The average Bonchev–Trinajstić information content (AvgIpc) is 3.76. The third-order valence-electron chi connectivity index (χ3n) is 15.0. The summed E-state index contributed by atoms with van der Waals surface area (Å²) in [6, 6.07) is 8.48. The van der Waals surface area contributed by atoms with Crippen molar-refractivity contribution in [1.82, 2.24) is 0 Å². The van der Waals surface area contributed by atoms with Crippen molar-refractivity contribution in [3.8, 4) is 23.8 Å². The summed E-state index contributed by atoms with van der Waals surface area (Å²) >= 11 is 0. The minimum absolute atomic E-state index is 0.0407. The Hall–Kier alpha value is -4.48. The largest absolute Gasteiger partial charge is 0.571 e. The molecule has 4 aromatic rings. The summed E-state index contributed by atoms with van der Waals surface area (Å²) in [7, 11) is 0. The monoisotopic (exact) mass is 756 g/mol. The molecule has 0 amide bonds. The van der Waals surface area contributed by atoms with Crippen LogP contribution in [0.15, 0.2) is 45.2 Å². The van der Waals surface area contributed by atoms with Crippen LogP contribution in [0.5, 0.6) is 23.8 Å². The number of benzene rings is 2. The molecule has 0 aliphatic heterocycles. The van der Waals surface area contributed by atoms with Crippen molar-refractivity contribution in [2.24, 2.45) is 52.3 Å². The first-order valence-electron chi connectivity index (χ1n) is 20.3. The molecule has 4 aliphatic rings. The smallest absolute Gasteiger partial charge is 0.317 e. The van der Waals surface area contributed by atoms with E-state index in [-0.39, 0.29) is 55.6 Å². The van der Waals surface area contributed by atoms with Gasteiger partial charge in [-0.1, -0.05) is 53.9 Å². The van der Waals surface area contributed by atoms with Crippen LogP contribution in [-0.2, 0) is 9.68 Å². The van der Waals surface area contributed by atoms with E-state index >= 15 is 0 Å². The van der Waals surface area contributed by atoms with Gasteiger partial charge in [0.05, 0.1) is 33.6 Å². The molecule has 2 aromatic heterocycles. The lowest BCUT2D eigenvalue weighted by atomic mass is 9.43. The Balaban J connectivity index is 1.06. The van der Waals surface area contributed by atoms with Gasteiger partial charge in [0.15, 0.2) is 12.2 Å². The summed E-state index contributed by atoms with van der Waals surface area (Å²) in [6.45, 7) is 11.9. The molecule has 296 valence electrons. The van der Waals surface area contributed by atoms with Crippen LogP contribution in [0.3, 0.4) is 0 Å². The molecule has 0 saturated heterocycles. The van der Waals surface area contributed by atoms with Gasteiger partial charge in [-0.25, -0.2) is 9.68 Å². The first-order valence-corrected chi connectivity index (χ1v) is 20.3. The zero-order valence-electron chi connectivity index (χ0n) is 32.4. The summed E-state index contributed by atoms with van der Waals surface area (Å²) < 4.78 is 9.45. The van der Waals surface area contributed by atoms with Crippen molar-refractivity contribution in [3.63, 3.8) is 0 Å². The highest BCUT2D eigenvalue weighted by atomic mass is 16.8. The fraction of sp³-hybridized carbons (Fsp3) is 0.628. The summed E-state index contributed by atoms with van der Waals surface area (Å²) in [4.78, 5) is 40.8. The maximum Gasteiger partial charge on any atom is 0.317 e. The molecular weight excluding hydrogens is 704 g/mol. The molecule has 10 atom stereocenters. The van der Waals surface area contributed by atoms with Gasteiger partial charge in [0.2, 0.25) is 0 Å². The molecule has 4 saturated carbocycles. The number of hydrogen-bond acceptors (Lipinski definition) is 10. The van der Waals surface area contributed by atoms with E-state index < -0.39 is 36.0 Å². The van der Waals surface area contributed by atoms with Crippen LogP contribution in [-0.4, -0.2) is 22.1 Å². The molecule has 4 fully saturated rings. The van der Waals surface area contributed by atoms with Gasteiger partial charge in [-0.05, 0) is 110 Å². The van der Waals surface area contributed by atoms with E-state index in [0.717, 1.165) is 25.7 Å². The third kappa shape index (κ3) is 6.37. The van der Waals surface area contributed by atoms with Crippen molar-refractivity contribution < 1.29 is 48.8 Å². The van der Waals surface area contributed by atoms with Crippen LogP contribution in [0.2, 0.25) is 0 Å². The lowest BCUT2D eigenvalue weighted by Crippen LogP contribution is -2.59. The van der Waals surface area contributed by atoms with Gasteiger partial charge in [0.1, 0.15) is 0 Å². The molecule has 12 heteroatoms. The zero-order valence-corrected chi connectivity index (χ0v) is 32.4. The first kappa shape index (κ1) is 37.4. The lowest BCUT2D eigenvalue weighted by molar-refractivity contribution is -0.762. The highest BCUT2D eigenvalue weighted by Gasteiger charge is 2.65. The third-order valence-corrected chi connectivity index (χ3v) is 15.0. The van der Waals surface area contributed by atoms with E-state index in [9.17, 15) is 30.2 Å². The molecule has 2 aromatic carbocycles. The quantitative estimate of drug-likeness (QED) is 0.135. The Bertz CT molecular complexity index is 2110. The van der Waals surface area contributed by atoms with E-state index in [1.807, 2.05) is 0 Å². The zero-order chi connectivity index (χ0) is 39.0. The van der Waals surface area contributed by atoms with Crippen LogP contribution in [0.4, 0.5) is 11.4 Å². The maximum absolute atomic E-state index is 14.0. The van der Waals surface area contributed by atoms with Gasteiger partial charge < -0.3 is 29.3 Å². The second kappa shape index (κ2) is 13.9. The molecule has 10 unspecified atom stereocenters. The SMILES string of the molecule is CC(C)CCCC(C)C1CCC2C3C(O[N+](=O)c4ccc5c([O-])oc([O-])c5c4)CC4CC(O[N+](=O)c5ccc6c([O-])oc([O-])c6c5)CCC4(C)C3CCC12C. The minimum atomic E-state index is -0.787. The van der Waals surface area contributed by atoms with Crippen molar-refractivity contribution in [2.75, 3.05) is 0 Å². The van der Waals surface area contributed by atoms with Gasteiger partial charge >= 0.3 is 11.4 Å². The predicted molar refractivity (Wildman–Crippen MR) is 195 cm³/mol. The molecule has 4 aliphatic carbocycles. The number of fused-ring (bicyclic) bond motifs is 7. The van der Waals surface area contributed by atoms with Gasteiger partial charge in [-0.3, -0.25) is 0 Å². The average molecular weight is 757 g/mol. The Morgan fingerprint density at radius 2 is 1.27 bits per heavy atom. The van der Waals surface area contributed by atoms with Crippen molar-refractivity contribution in [1.29, 1.82) is 0 Å². The summed E-state index contributed by atoms with van der Waals surface area (Å²) in [5, 5.41) is 48.9. The predicted octanol–water partition coefficient (Wildman–Crippen LogP) is 8.33. The van der Waals surface area contributed by atoms with Crippen LogP contribution >= 0.6 is 0 Å². The van der Waals surface area contributed by atoms with E-state index in [2.05, 4.69) is 39.0 Å². The van der Waals surface area contributed by atoms with E-state index in [1.54, 1.807) is 0 Å². The molecule has 0 spiro atoms. The molecular formula is C43H52N2O10-2. The maximum atomic E-state index is 14.0. The Labute approximate surface area is 320 Å². The molecule has 55 heavy (non-hydrogen) atoms. The normalized spacial score (nSPS) is 32.2. The van der Waals surface area contributed by atoms with Crippen molar-refractivity contribution in [3.05, 3.63) is 46.2 Å². The minimum Gasteiger partial charge on any atom is -0.571 e. The highest BCUT2D eigenvalue weighted by Crippen LogP contribution is 2.69. The highest BCUT2D eigenvalue weighted by molar-refractivity contribution is 5.92. The van der Waals surface area contributed by atoms with Crippen LogP contribution in [0.25, 0.3) is 21.5 Å². The van der Waals surface area contributed by atoms with Gasteiger partial charge in [-0.15, -0.1) is 0 Å². The number of hydrogen-bond donors (Lipinski definition) is 0. The molecule has 8 rings (SSSR count). The molecule has 0 N–H and O–H groups in total. The fourth-order valence-corrected chi connectivity index (χ4v) is 12.1. The molecule has 0 radical (unpaired) electrons. The van der Waals surface area contributed by atoms with Gasteiger partial charge in [0, 0.05) is 51.7 Å². The van der Waals surface area contributed by atoms with Crippen LogP contribution in [0, 0.1) is 62.1 Å². The lowest BCUT2D eigenvalue weighted by Gasteiger charge is -2.61. The van der Waals surface area contributed by atoms with Gasteiger partial charge in [-0.2, -0.15) is 0 Å². The summed E-state index contributed by atoms with van der Waals surface area (Å²) in [5.74, 6) is -0.191. The topological polar surface area (TPSA) is 177 Å². The molecule has 12 nitrogen and oxygen atoms in total. The van der Waals surface area contributed by atoms with Crippen LogP contribution < -0.4 is 20.4 Å². The fourth-order valence-electron chi connectivity index (χ4n) is 12.1. The number of rotatable bonds is 11. The van der Waals surface area contributed by atoms with E-state index in [4.69, 9.17) is 14.1 Å². The Morgan fingerprint density at radius 1 is 0.709 bits per heavy atom. The first-order chi connectivity index (χ1) is 26.2. The summed E-state index contributed by atoms with van der Waals surface area (Å²) in [5.41, 5.74) is 0.309. The van der Waals surface area contributed by atoms with E-state index in [1.165, 1.54) is 62.1 Å².